The van der Waals surface area contributed by atoms with E-state index < -0.39 is 11.9 Å². The van der Waals surface area contributed by atoms with Crippen LogP contribution in [0.25, 0.3) is 22.5 Å². The minimum Gasteiger partial charge on any atom is -0.382 e. The maximum Gasteiger partial charge on any atom is 0.433 e. The highest BCUT2D eigenvalue weighted by atomic mass is 19.4. The molecule has 4 N–H and O–H groups in total. The molecular formula is C22H21F3N6O. The number of anilines is 1. The Morgan fingerprint density at radius 3 is 2.22 bits per heavy atom. The molecule has 1 aliphatic heterocycles. The number of carbonyl (C=O) groups excluding carboxylic acids is 1. The summed E-state index contributed by atoms with van der Waals surface area (Å²) in [6.07, 6.45) is -0.422. The Bertz CT molecular complexity index is 1110. The van der Waals surface area contributed by atoms with Gasteiger partial charge in [0.15, 0.2) is 0 Å². The molecule has 1 saturated heterocycles. The largest absolute Gasteiger partial charge is 0.433 e. The first-order valence-electron chi connectivity index (χ1n) is 10.0. The summed E-state index contributed by atoms with van der Waals surface area (Å²) in [6.45, 7) is 1.27. The van der Waals surface area contributed by atoms with E-state index in [9.17, 15) is 18.0 Å². The van der Waals surface area contributed by atoms with Crippen LogP contribution >= 0.6 is 0 Å². The lowest BCUT2D eigenvalue weighted by Gasteiger charge is -2.30. The van der Waals surface area contributed by atoms with Crippen molar-refractivity contribution in [2.75, 3.05) is 18.8 Å². The first kappa shape index (κ1) is 21.7. The molecule has 2 aromatic heterocycles. The summed E-state index contributed by atoms with van der Waals surface area (Å²) in [4.78, 5) is 26.5. The highest BCUT2D eigenvalue weighted by Crippen LogP contribution is 2.30. The normalized spacial score (nSPS) is 15.1. The van der Waals surface area contributed by atoms with Crippen molar-refractivity contribution in [3.05, 3.63) is 60.0 Å². The van der Waals surface area contributed by atoms with E-state index in [4.69, 9.17) is 11.5 Å². The highest BCUT2D eigenvalue weighted by molar-refractivity contribution is 5.94. The smallest absolute Gasteiger partial charge is 0.382 e. The second kappa shape index (κ2) is 8.54. The molecular weight excluding hydrogens is 421 g/mol. The highest BCUT2D eigenvalue weighted by Gasteiger charge is 2.32. The number of hydrogen-bond donors (Lipinski definition) is 2. The molecule has 4 rings (SSSR count). The quantitative estimate of drug-likeness (QED) is 0.643. The van der Waals surface area contributed by atoms with Crippen molar-refractivity contribution in [1.29, 1.82) is 0 Å². The van der Waals surface area contributed by atoms with Crippen molar-refractivity contribution in [2.45, 2.75) is 25.1 Å². The van der Waals surface area contributed by atoms with E-state index in [-0.39, 0.29) is 23.5 Å². The van der Waals surface area contributed by atoms with Gasteiger partial charge in [-0.1, -0.05) is 12.1 Å². The van der Waals surface area contributed by atoms with Gasteiger partial charge in [0.05, 0.1) is 11.9 Å². The maximum absolute atomic E-state index is 12.8. The molecule has 10 heteroatoms. The van der Waals surface area contributed by atoms with Crippen molar-refractivity contribution in [3.8, 4) is 22.5 Å². The van der Waals surface area contributed by atoms with Gasteiger partial charge in [-0.05, 0) is 37.1 Å². The molecule has 3 aromatic rings. The molecule has 0 aliphatic carbocycles. The number of likely N-dealkylation sites (tertiary alicyclic amines) is 1. The number of carbonyl (C=O) groups is 1. The van der Waals surface area contributed by atoms with Gasteiger partial charge in [-0.3, -0.25) is 9.78 Å². The number of halogens is 3. The van der Waals surface area contributed by atoms with Crippen molar-refractivity contribution < 1.29 is 18.0 Å². The van der Waals surface area contributed by atoms with Gasteiger partial charge in [0.2, 0.25) is 0 Å². The molecule has 0 spiro atoms. The number of hydrogen-bond acceptors (Lipinski definition) is 6. The second-order valence-corrected chi connectivity index (χ2v) is 7.63. The molecule has 1 aromatic carbocycles. The molecule has 32 heavy (non-hydrogen) atoms. The van der Waals surface area contributed by atoms with E-state index in [0.717, 1.165) is 25.1 Å². The van der Waals surface area contributed by atoms with E-state index >= 15 is 0 Å². The number of rotatable bonds is 3. The zero-order valence-corrected chi connectivity index (χ0v) is 17.0. The third-order valence-corrected chi connectivity index (χ3v) is 5.38. The Hall–Kier alpha value is -3.53. The standard InChI is InChI=1S/C22H21F3N6O/c23-22(24,25)18-6-5-15(11-28-18)19-20(27)29-12-17(30-19)13-1-3-14(4-2-13)21(32)31-9-7-16(26)8-10-31/h1-6,11-12,16H,7-10,26H2,(H2,27,29). The molecule has 0 unspecified atom stereocenters. The average Bonchev–Trinajstić information content (AvgIpc) is 2.79. The van der Waals surface area contributed by atoms with Gasteiger partial charge in [0.25, 0.3) is 5.91 Å². The van der Waals surface area contributed by atoms with Gasteiger partial charge in [0.1, 0.15) is 17.2 Å². The molecule has 1 aliphatic rings. The van der Waals surface area contributed by atoms with Gasteiger partial charge >= 0.3 is 6.18 Å². The molecule has 0 radical (unpaired) electrons. The van der Waals surface area contributed by atoms with Crippen molar-refractivity contribution in [2.24, 2.45) is 5.73 Å². The van der Waals surface area contributed by atoms with Crippen LogP contribution in [-0.4, -0.2) is 44.9 Å². The van der Waals surface area contributed by atoms with E-state index in [0.29, 0.717) is 35.5 Å². The molecule has 166 valence electrons. The molecule has 0 atom stereocenters. The van der Waals surface area contributed by atoms with Crippen LogP contribution in [0.15, 0.2) is 48.8 Å². The Balaban J connectivity index is 1.56. The van der Waals surface area contributed by atoms with Crippen LogP contribution in [0.4, 0.5) is 19.0 Å². The van der Waals surface area contributed by atoms with E-state index in [1.54, 1.807) is 29.2 Å². The molecule has 0 bridgehead atoms. The molecule has 0 saturated carbocycles. The first-order valence-corrected chi connectivity index (χ1v) is 10.0. The Kier molecular flexibility index (Phi) is 5.79. The third-order valence-electron chi connectivity index (χ3n) is 5.38. The van der Waals surface area contributed by atoms with Crippen LogP contribution in [0, 0.1) is 0 Å². The van der Waals surface area contributed by atoms with Gasteiger partial charge in [0, 0.05) is 42.0 Å². The SMILES string of the molecule is Nc1ncc(-c2ccc(C(=O)N3CCC(N)CC3)cc2)nc1-c1ccc(C(F)(F)F)nc1. The Labute approximate surface area is 182 Å². The Morgan fingerprint density at radius 2 is 1.62 bits per heavy atom. The van der Waals surface area contributed by atoms with Crippen LogP contribution < -0.4 is 11.5 Å². The number of alkyl halides is 3. The number of nitrogens with zero attached hydrogens (tertiary/aromatic N) is 4. The van der Waals surface area contributed by atoms with Crippen molar-refractivity contribution >= 4 is 11.7 Å². The molecule has 7 nitrogen and oxygen atoms in total. The summed E-state index contributed by atoms with van der Waals surface area (Å²) in [5, 5.41) is 0. The Morgan fingerprint density at radius 1 is 0.969 bits per heavy atom. The number of piperidine rings is 1. The minimum absolute atomic E-state index is 0.0524. The van der Waals surface area contributed by atoms with Crippen LogP contribution in [-0.2, 0) is 6.18 Å². The van der Waals surface area contributed by atoms with Gasteiger partial charge < -0.3 is 16.4 Å². The number of pyridine rings is 1. The van der Waals surface area contributed by atoms with Gasteiger partial charge in [-0.25, -0.2) is 9.97 Å². The fraction of sp³-hybridized carbons (Fsp3) is 0.273. The zero-order valence-electron chi connectivity index (χ0n) is 17.0. The summed E-state index contributed by atoms with van der Waals surface area (Å²) in [5.74, 6) is 0.0220. The maximum atomic E-state index is 12.8. The molecule has 3 heterocycles. The van der Waals surface area contributed by atoms with Crippen LogP contribution in [0.1, 0.15) is 28.9 Å². The van der Waals surface area contributed by atoms with Crippen LogP contribution in [0.5, 0.6) is 0 Å². The van der Waals surface area contributed by atoms with E-state index in [1.165, 1.54) is 12.3 Å². The molecule has 1 fully saturated rings. The zero-order chi connectivity index (χ0) is 22.9. The summed E-state index contributed by atoms with van der Waals surface area (Å²) >= 11 is 0. The number of nitrogens with two attached hydrogens (primary N) is 2. The fourth-order valence-electron chi connectivity index (χ4n) is 3.52. The predicted octanol–water partition coefficient (Wildman–Crippen LogP) is 3.37. The van der Waals surface area contributed by atoms with Crippen LogP contribution in [0.3, 0.4) is 0 Å². The van der Waals surface area contributed by atoms with Gasteiger partial charge in [-0.2, -0.15) is 13.2 Å². The fourth-order valence-corrected chi connectivity index (χ4v) is 3.52. The summed E-state index contributed by atoms with van der Waals surface area (Å²) in [5.41, 5.74) is 13.1. The van der Waals surface area contributed by atoms with Crippen LogP contribution in [0.2, 0.25) is 0 Å². The average molecular weight is 442 g/mol. The number of aromatic nitrogens is 3. The van der Waals surface area contributed by atoms with E-state index in [1.807, 2.05) is 0 Å². The number of amides is 1. The summed E-state index contributed by atoms with van der Waals surface area (Å²) in [7, 11) is 0. The van der Waals surface area contributed by atoms with Crippen molar-refractivity contribution in [1.82, 2.24) is 19.9 Å². The molecule has 1 amide bonds. The first-order chi connectivity index (χ1) is 15.2. The number of benzene rings is 1. The second-order valence-electron chi connectivity index (χ2n) is 7.63. The lowest BCUT2D eigenvalue weighted by molar-refractivity contribution is -0.141. The minimum atomic E-state index is -4.53. The lowest BCUT2D eigenvalue weighted by atomic mass is 10.0. The topological polar surface area (TPSA) is 111 Å². The van der Waals surface area contributed by atoms with Crippen molar-refractivity contribution in [3.63, 3.8) is 0 Å². The number of nitrogen functional groups attached to an aromatic ring is 1. The lowest BCUT2D eigenvalue weighted by Crippen LogP contribution is -2.42. The summed E-state index contributed by atoms with van der Waals surface area (Å²) < 4.78 is 38.3. The van der Waals surface area contributed by atoms with E-state index in [2.05, 4.69) is 15.0 Å². The third kappa shape index (κ3) is 4.54. The summed E-state index contributed by atoms with van der Waals surface area (Å²) in [6, 6.07) is 9.19. The monoisotopic (exact) mass is 442 g/mol. The predicted molar refractivity (Wildman–Crippen MR) is 113 cm³/mol. The van der Waals surface area contributed by atoms with Gasteiger partial charge in [-0.15, -0.1) is 0 Å².